The largest absolute Gasteiger partial charge is 0.391 e. The topological polar surface area (TPSA) is 12.0 Å². The summed E-state index contributed by atoms with van der Waals surface area (Å²) in [6.07, 6.45) is -3.49. The van der Waals surface area contributed by atoms with Gasteiger partial charge in [0.1, 0.15) is 0 Å². The SMILES string of the molecule is FC(F)(F)C1CC(c2ccc(C3CNC3)cc2)C1. The van der Waals surface area contributed by atoms with E-state index in [-0.39, 0.29) is 18.8 Å². The van der Waals surface area contributed by atoms with Crippen molar-refractivity contribution in [2.45, 2.75) is 30.9 Å². The van der Waals surface area contributed by atoms with Gasteiger partial charge >= 0.3 is 6.18 Å². The number of halogens is 3. The summed E-state index contributed by atoms with van der Waals surface area (Å²) in [5.41, 5.74) is 2.36. The first-order valence-corrected chi connectivity index (χ1v) is 6.41. The summed E-state index contributed by atoms with van der Waals surface area (Å²) in [5, 5.41) is 3.22. The maximum Gasteiger partial charge on any atom is 0.391 e. The zero-order chi connectivity index (χ0) is 12.8. The Morgan fingerprint density at radius 2 is 1.39 bits per heavy atom. The van der Waals surface area contributed by atoms with Gasteiger partial charge in [-0.25, -0.2) is 0 Å². The summed E-state index contributed by atoms with van der Waals surface area (Å²) in [6, 6.07) is 8.15. The maximum absolute atomic E-state index is 12.4. The van der Waals surface area contributed by atoms with Gasteiger partial charge in [-0.3, -0.25) is 0 Å². The fourth-order valence-electron chi connectivity index (χ4n) is 2.72. The van der Waals surface area contributed by atoms with E-state index in [9.17, 15) is 13.2 Å². The smallest absolute Gasteiger partial charge is 0.315 e. The van der Waals surface area contributed by atoms with E-state index in [0.29, 0.717) is 5.92 Å². The Balaban J connectivity index is 1.61. The normalized spacial score (nSPS) is 28.6. The van der Waals surface area contributed by atoms with Crippen molar-refractivity contribution in [2.75, 3.05) is 13.1 Å². The molecule has 1 aromatic carbocycles. The minimum atomic E-state index is -4.01. The lowest BCUT2D eigenvalue weighted by Gasteiger charge is -2.37. The van der Waals surface area contributed by atoms with Crippen LogP contribution in [0.15, 0.2) is 24.3 Å². The van der Waals surface area contributed by atoms with E-state index >= 15 is 0 Å². The summed E-state index contributed by atoms with van der Waals surface area (Å²) in [4.78, 5) is 0. The van der Waals surface area contributed by atoms with Gasteiger partial charge in [0.2, 0.25) is 0 Å². The number of nitrogens with one attached hydrogen (secondary N) is 1. The quantitative estimate of drug-likeness (QED) is 0.853. The lowest BCUT2D eigenvalue weighted by molar-refractivity contribution is -0.197. The zero-order valence-electron chi connectivity index (χ0n) is 10.0. The Kier molecular flexibility index (Phi) is 2.85. The highest BCUT2D eigenvalue weighted by Gasteiger charge is 2.48. The third-order valence-electron chi connectivity index (χ3n) is 4.26. The van der Waals surface area contributed by atoms with Crippen molar-refractivity contribution >= 4 is 0 Å². The zero-order valence-corrected chi connectivity index (χ0v) is 10.0. The summed E-state index contributed by atoms with van der Waals surface area (Å²) >= 11 is 0. The molecule has 3 rings (SSSR count). The third kappa shape index (κ3) is 2.14. The molecule has 1 saturated heterocycles. The van der Waals surface area contributed by atoms with Crippen LogP contribution in [0.5, 0.6) is 0 Å². The molecule has 98 valence electrons. The van der Waals surface area contributed by atoms with Crippen LogP contribution in [-0.4, -0.2) is 19.3 Å². The Labute approximate surface area is 104 Å². The molecular formula is C14H16F3N. The first kappa shape index (κ1) is 12.0. The molecule has 0 radical (unpaired) electrons. The van der Waals surface area contributed by atoms with Crippen molar-refractivity contribution in [3.05, 3.63) is 35.4 Å². The predicted molar refractivity (Wildman–Crippen MR) is 63.6 cm³/mol. The molecule has 2 aliphatic rings. The number of hydrogen-bond donors (Lipinski definition) is 1. The van der Waals surface area contributed by atoms with Crippen LogP contribution in [-0.2, 0) is 0 Å². The lowest BCUT2D eigenvalue weighted by atomic mass is 9.71. The average Bonchev–Trinajstić information content (AvgIpc) is 2.13. The molecule has 1 aromatic rings. The van der Waals surface area contributed by atoms with E-state index in [0.717, 1.165) is 18.7 Å². The molecule has 1 saturated carbocycles. The minimum absolute atomic E-state index is 0.102. The Hall–Kier alpha value is -1.03. The van der Waals surface area contributed by atoms with Gasteiger partial charge in [-0.05, 0) is 29.9 Å². The van der Waals surface area contributed by atoms with Gasteiger partial charge in [-0.15, -0.1) is 0 Å². The second-order valence-corrected chi connectivity index (χ2v) is 5.43. The van der Waals surface area contributed by atoms with E-state index in [2.05, 4.69) is 17.4 Å². The highest BCUT2D eigenvalue weighted by molar-refractivity contribution is 5.30. The predicted octanol–water partition coefficient (Wildman–Crippen LogP) is 3.43. The molecular weight excluding hydrogens is 239 g/mol. The van der Waals surface area contributed by atoms with Crippen LogP contribution in [0.2, 0.25) is 0 Å². The van der Waals surface area contributed by atoms with Gasteiger partial charge in [0.25, 0.3) is 0 Å². The van der Waals surface area contributed by atoms with Crippen LogP contribution in [0, 0.1) is 5.92 Å². The fourth-order valence-corrected chi connectivity index (χ4v) is 2.72. The summed E-state index contributed by atoms with van der Waals surface area (Å²) in [6.45, 7) is 2.03. The van der Waals surface area contributed by atoms with Crippen LogP contribution in [0.3, 0.4) is 0 Å². The van der Waals surface area contributed by atoms with E-state index in [1.54, 1.807) is 0 Å². The van der Waals surface area contributed by atoms with Crippen molar-refractivity contribution in [3.8, 4) is 0 Å². The van der Waals surface area contributed by atoms with Crippen molar-refractivity contribution in [3.63, 3.8) is 0 Å². The molecule has 0 aromatic heterocycles. The fraction of sp³-hybridized carbons (Fsp3) is 0.571. The van der Waals surface area contributed by atoms with Crippen molar-refractivity contribution < 1.29 is 13.2 Å². The van der Waals surface area contributed by atoms with Gasteiger partial charge < -0.3 is 5.32 Å². The molecule has 0 bridgehead atoms. The molecule has 18 heavy (non-hydrogen) atoms. The van der Waals surface area contributed by atoms with Crippen molar-refractivity contribution in [1.29, 1.82) is 0 Å². The Morgan fingerprint density at radius 1 is 0.889 bits per heavy atom. The lowest BCUT2D eigenvalue weighted by Crippen LogP contribution is -2.39. The molecule has 1 heterocycles. The minimum Gasteiger partial charge on any atom is -0.315 e. The van der Waals surface area contributed by atoms with Crippen LogP contribution < -0.4 is 5.32 Å². The third-order valence-corrected chi connectivity index (χ3v) is 4.26. The molecule has 2 fully saturated rings. The van der Waals surface area contributed by atoms with E-state index in [1.807, 2.05) is 12.1 Å². The van der Waals surface area contributed by atoms with Crippen LogP contribution >= 0.6 is 0 Å². The summed E-state index contributed by atoms with van der Waals surface area (Å²) < 4.78 is 37.2. The number of rotatable bonds is 2. The monoisotopic (exact) mass is 255 g/mol. The number of alkyl halides is 3. The van der Waals surface area contributed by atoms with Gasteiger partial charge in [-0.2, -0.15) is 13.2 Å². The highest BCUT2D eigenvalue weighted by Crippen LogP contribution is 2.49. The Morgan fingerprint density at radius 3 is 1.78 bits per heavy atom. The van der Waals surface area contributed by atoms with Crippen LogP contribution in [0.25, 0.3) is 0 Å². The molecule has 1 aliphatic carbocycles. The molecule has 1 N–H and O–H groups in total. The second-order valence-electron chi connectivity index (χ2n) is 5.43. The van der Waals surface area contributed by atoms with E-state index in [1.165, 1.54) is 5.56 Å². The standard InChI is InChI=1S/C14H16F3N/c15-14(16,17)13-5-11(6-13)9-1-3-10(4-2-9)12-7-18-8-12/h1-4,11-13,18H,5-8H2. The molecule has 4 heteroatoms. The summed E-state index contributed by atoms with van der Waals surface area (Å²) in [5.74, 6) is -0.397. The molecule has 0 amide bonds. The van der Waals surface area contributed by atoms with Crippen LogP contribution in [0.4, 0.5) is 13.2 Å². The van der Waals surface area contributed by atoms with Crippen molar-refractivity contribution in [1.82, 2.24) is 5.32 Å². The molecule has 1 nitrogen and oxygen atoms in total. The molecule has 0 atom stereocenters. The first-order valence-electron chi connectivity index (χ1n) is 6.41. The molecule has 0 spiro atoms. The van der Waals surface area contributed by atoms with E-state index < -0.39 is 12.1 Å². The Bertz CT molecular complexity index is 414. The maximum atomic E-state index is 12.4. The number of hydrogen-bond acceptors (Lipinski definition) is 1. The van der Waals surface area contributed by atoms with Gasteiger partial charge in [0.15, 0.2) is 0 Å². The molecule has 0 unspecified atom stereocenters. The number of benzene rings is 1. The highest BCUT2D eigenvalue weighted by atomic mass is 19.4. The van der Waals surface area contributed by atoms with Gasteiger partial charge in [0, 0.05) is 19.0 Å². The first-order chi connectivity index (χ1) is 8.54. The van der Waals surface area contributed by atoms with Crippen LogP contribution in [0.1, 0.15) is 35.8 Å². The van der Waals surface area contributed by atoms with Gasteiger partial charge in [-0.1, -0.05) is 24.3 Å². The van der Waals surface area contributed by atoms with E-state index in [4.69, 9.17) is 0 Å². The molecule has 1 aliphatic heterocycles. The second kappa shape index (κ2) is 4.26. The average molecular weight is 255 g/mol. The van der Waals surface area contributed by atoms with Crippen molar-refractivity contribution in [2.24, 2.45) is 5.92 Å². The summed E-state index contributed by atoms with van der Waals surface area (Å²) in [7, 11) is 0. The van der Waals surface area contributed by atoms with Gasteiger partial charge in [0.05, 0.1) is 5.92 Å².